The second kappa shape index (κ2) is 7.88. The second-order valence-electron chi connectivity index (χ2n) is 5.39. The number of ether oxygens (including phenoxy) is 2. The van der Waals surface area contributed by atoms with E-state index in [1.54, 1.807) is 19.1 Å². The molecule has 0 saturated carbocycles. The number of nitrogens with two attached hydrogens (primary N) is 1. The summed E-state index contributed by atoms with van der Waals surface area (Å²) >= 11 is 0. The quantitative estimate of drug-likeness (QED) is 0.832. The Morgan fingerprint density at radius 1 is 1.29 bits per heavy atom. The van der Waals surface area contributed by atoms with E-state index in [-0.39, 0.29) is 0 Å². The highest BCUT2D eigenvalue weighted by Crippen LogP contribution is 2.20. The summed E-state index contributed by atoms with van der Waals surface area (Å²) in [6, 6.07) is 7.31. The Morgan fingerprint density at radius 2 is 2.00 bits per heavy atom. The summed E-state index contributed by atoms with van der Waals surface area (Å²) in [5, 5.41) is 0. The Kier molecular flexibility index (Phi) is 5.87. The average Bonchev–Trinajstić information content (AvgIpc) is 2.48. The van der Waals surface area contributed by atoms with Crippen molar-refractivity contribution in [2.24, 2.45) is 5.73 Å². The minimum atomic E-state index is -0.645. The van der Waals surface area contributed by atoms with Crippen LogP contribution in [0.25, 0.3) is 0 Å². The van der Waals surface area contributed by atoms with Gasteiger partial charge in [0.15, 0.2) is 6.10 Å². The Hall–Kier alpha value is -1.75. The van der Waals surface area contributed by atoms with Crippen LogP contribution in [0.4, 0.5) is 0 Å². The summed E-state index contributed by atoms with van der Waals surface area (Å²) in [4.78, 5) is 13.4. The lowest BCUT2D eigenvalue weighted by atomic mass is 10.1. The van der Waals surface area contributed by atoms with Crippen LogP contribution in [0.2, 0.25) is 0 Å². The summed E-state index contributed by atoms with van der Waals surface area (Å²) in [5.74, 6) is 0.865. The standard InChI is InChI=1S/C16H24N2O3/c1-13(16(17)19)21-15-7-5-6-14(12-15)20-11-10-18-8-3-2-4-9-18/h5-7,12-13H,2-4,8-11H2,1H3,(H2,17,19)/t13-/m1/s1. The molecule has 0 aromatic heterocycles. The van der Waals surface area contributed by atoms with Crippen LogP contribution in [0.3, 0.4) is 0 Å². The summed E-state index contributed by atoms with van der Waals surface area (Å²) in [6.07, 6.45) is 3.27. The normalized spacial score (nSPS) is 17.2. The molecule has 0 spiro atoms. The molecule has 1 fully saturated rings. The fraction of sp³-hybridized carbons (Fsp3) is 0.562. The molecule has 0 aliphatic carbocycles. The third-order valence-electron chi connectivity index (χ3n) is 3.64. The molecule has 116 valence electrons. The molecule has 2 N–H and O–H groups in total. The SMILES string of the molecule is C[C@@H](Oc1cccc(OCCN2CCCCC2)c1)C(N)=O. The first kappa shape index (κ1) is 15.6. The number of benzene rings is 1. The number of hydrogen-bond donors (Lipinski definition) is 1. The minimum Gasteiger partial charge on any atom is -0.492 e. The molecule has 1 aliphatic heterocycles. The molecular weight excluding hydrogens is 268 g/mol. The Morgan fingerprint density at radius 3 is 2.71 bits per heavy atom. The molecule has 1 aliphatic rings. The van der Waals surface area contributed by atoms with E-state index in [4.69, 9.17) is 15.2 Å². The molecular formula is C16H24N2O3. The highest BCUT2D eigenvalue weighted by molar-refractivity contribution is 5.78. The van der Waals surface area contributed by atoms with Crippen LogP contribution in [0.5, 0.6) is 11.5 Å². The first-order valence-corrected chi connectivity index (χ1v) is 7.56. The van der Waals surface area contributed by atoms with E-state index >= 15 is 0 Å². The maximum absolute atomic E-state index is 11.0. The van der Waals surface area contributed by atoms with Crippen LogP contribution in [0, 0.1) is 0 Å². The molecule has 1 heterocycles. The molecule has 2 rings (SSSR count). The van der Waals surface area contributed by atoms with Crippen molar-refractivity contribution < 1.29 is 14.3 Å². The van der Waals surface area contributed by atoms with Crippen LogP contribution in [-0.2, 0) is 4.79 Å². The molecule has 5 heteroatoms. The molecule has 0 unspecified atom stereocenters. The number of likely N-dealkylation sites (tertiary alicyclic amines) is 1. The molecule has 1 atom stereocenters. The zero-order valence-electron chi connectivity index (χ0n) is 12.6. The molecule has 1 aromatic rings. The van der Waals surface area contributed by atoms with Gasteiger partial charge in [-0.25, -0.2) is 0 Å². The maximum Gasteiger partial charge on any atom is 0.258 e. The van der Waals surface area contributed by atoms with Gasteiger partial charge in [-0.05, 0) is 45.0 Å². The van der Waals surface area contributed by atoms with Crippen LogP contribution in [0.1, 0.15) is 26.2 Å². The smallest absolute Gasteiger partial charge is 0.258 e. The van der Waals surface area contributed by atoms with Crippen molar-refractivity contribution in [3.8, 4) is 11.5 Å². The van der Waals surface area contributed by atoms with Gasteiger partial charge in [-0.1, -0.05) is 12.5 Å². The number of hydrogen-bond acceptors (Lipinski definition) is 4. The molecule has 5 nitrogen and oxygen atoms in total. The van der Waals surface area contributed by atoms with E-state index in [9.17, 15) is 4.79 Å². The number of amides is 1. The number of piperidine rings is 1. The first-order chi connectivity index (χ1) is 10.1. The second-order valence-corrected chi connectivity index (χ2v) is 5.39. The van der Waals surface area contributed by atoms with Gasteiger partial charge < -0.3 is 15.2 Å². The number of carbonyl (C=O) groups is 1. The number of nitrogens with zero attached hydrogens (tertiary/aromatic N) is 1. The van der Waals surface area contributed by atoms with Crippen molar-refractivity contribution in [2.75, 3.05) is 26.2 Å². The van der Waals surface area contributed by atoms with Gasteiger partial charge in [0.05, 0.1) is 0 Å². The van der Waals surface area contributed by atoms with Gasteiger partial charge in [0.1, 0.15) is 18.1 Å². The van der Waals surface area contributed by atoms with Crippen molar-refractivity contribution in [2.45, 2.75) is 32.3 Å². The van der Waals surface area contributed by atoms with E-state index in [1.165, 1.54) is 32.4 Å². The zero-order chi connectivity index (χ0) is 15.1. The highest BCUT2D eigenvalue weighted by Gasteiger charge is 2.11. The van der Waals surface area contributed by atoms with Crippen LogP contribution >= 0.6 is 0 Å². The zero-order valence-corrected chi connectivity index (χ0v) is 12.6. The predicted molar refractivity (Wildman–Crippen MR) is 81.5 cm³/mol. The van der Waals surface area contributed by atoms with Gasteiger partial charge >= 0.3 is 0 Å². The fourth-order valence-corrected chi connectivity index (χ4v) is 2.38. The van der Waals surface area contributed by atoms with Crippen molar-refractivity contribution in [3.63, 3.8) is 0 Å². The molecule has 1 aromatic carbocycles. The monoisotopic (exact) mass is 292 g/mol. The number of carbonyl (C=O) groups excluding carboxylic acids is 1. The van der Waals surface area contributed by atoms with E-state index in [2.05, 4.69) is 4.90 Å². The Balaban J connectivity index is 1.79. The molecule has 0 radical (unpaired) electrons. The summed E-state index contributed by atoms with van der Waals surface area (Å²) in [5.41, 5.74) is 5.18. The van der Waals surface area contributed by atoms with Gasteiger partial charge in [0.2, 0.25) is 0 Å². The minimum absolute atomic E-state index is 0.480. The third-order valence-corrected chi connectivity index (χ3v) is 3.64. The van der Waals surface area contributed by atoms with E-state index in [0.717, 1.165) is 12.3 Å². The van der Waals surface area contributed by atoms with Gasteiger partial charge in [-0.3, -0.25) is 9.69 Å². The average molecular weight is 292 g/mol. The van der Waals surface area contributed by atoms with Crippen molar-refractivity contribution in [3.05, 3.63) is 24.3 Å². The van der Waals surface area contributed by atoms with Gasteiger partial charge in [0, 0.05) is 12.6 Å². The largest absolute Gasteiger partial charge is 0.492 e. The maximum atomic E-state index is 11.0. The van der Waals surface area contributed by atoms with E-state index < -0.39 is 12.0 Å². The topological polar surface area (TPSA) is 64.8 Å². The van der Waals surface area contributed by atoms with Crippen molar-refractivity contribution >= 4 is 5.91 Å². The summed E-state index contributed by atoms with van der Waals surface area (Å²) in [6.45, 7) is 5.58. The Labute approximate surface area is 126 Å². The number of primary amides is 1. The van der Waals surface area contributed by atoms with Crippen LogP contribution in [-0.4, -0.2) is 43.2 Å². The van der Waals surface area contributed by atoms with Crippen LogP contribution in [0.15, 0.2) is 24.3 Å². The van der Waals surface area contributed by atoms with E-state index in [0.29, 0.717) is 12.4 Å². The lowest BCUT2D eigenvalue weighted by molar-refractivity contribution is -0.123. The molecule has 1 saturated heterocycles. The van der Waals surface area contributed by atoms with Crippen molar-refractivity contribution in [1.82, 2.24) is 4.90 Å². The number of rotatable bonds is 7. The molecule has 21 heavy (non-hydrogen) atoms. The van der Waals surface area contributed by atoms with Gasteiger partial charge in [-0.15, -0.1) is 0 Å². The van der Waals surface area contributed by atoms with Gasteiger partial charge in [0.25, 0.3) is 5.91 Å². The summed E-state index contributed by atoms with van der Waals surface area (Å²) < 4.78 is 11.2. The molecule has 0 bridgehead atoms. The predicted octanol–water partition coefficient (Wildman–Crippen LogP) is 1.80. The third kappa shape index (κ3) is 5.27. The summed E-state index contributed by atoms with van der Waals surface area (Å²) in [7, 11) is 0. The van der Waals surface area contributed by atoms with E-state index in [1.807, 2.05) is 12.1 Å². The van der Waals surface area contributed by atoms with Gasteiger partial charge in [-0.2, -0.15) is 0 Å². The lowest BCUT2D eigenvalue weighted by Gasteiger charge is -2.26. The first-order valence-electron chi connectivity index (χ1n) is 7.56. The lowest BCUT2D eigenvalue weighted by Crippen LogP contribution is -2.33. The molecule has 1 amide bonds. The van der Waals surface area contributed by atoms with Crippen LogP contribution < -0.4 is 15.2 Å². The Bertz CT molecular complexity index is 459. The highest BCUT2D eigenvalue weighted by atomic mass is 16.5. The van der Waals surface area contributed by atoms with Crippen molar-refractivity contribution in [1.29, 1.82) is 0 Å². The fourth-order valence-electron chi connectivity index (χ4n) is 2.38.